The van der Waals surface area contributed by atoms with E-state index in [9.17, 15) is 4.79 Å². The Morgan fingerprint density at radius 3 is 2.44 bits per heavy atom. The van der Waals surface area contributed by atoms with Crippen LogP contribution >= 0.6 is 0 Å². The first-order valence-corrected chi connectivity index (χ1v) is 8.84. The van der Waals surface area contributed by atoms with Crippen molar-refractivity contribution in [2.45, 2.75) is 25.8 Å². The van der Waals surface area contributed by atoms with Crippen molar-refractivity contribution in [1.29, 1.82) is 0 Å². The van der Waals surface area contributed by atoms with Gasteiger partial charge in [-0.3, -0.25) is 0 Å². The third-order valence-electron chi connectivity index (χ3n) is 4.48. The van der Waals surface area contributed by atoms with Crippen LogP contribution in [0.2, 0.25) is 0 Å². The van der Waals surface area contributed by atoms with Crippen molar-refractivity contribution in [1.82, 2.24) is 20.2 Å². The molecule has 2 heterocycles. The van der Waals surface area contributed by atoms with Gasteiger partial charge in [0.05, 0.1) is 0 Å². The first kappa shape index (κ1) is 17.2. The van der Waals surface area contributed by atoms with Gasteiger partial charge in [-0.25, -0.2) is 14.8 Å². The van der Waals surface area contributed by atoms with Crippen LogP contribution < -0.4 is 10.2 Å². The smallest absolute Gasteiger partial charge is 0.317 e. The maximum Gasteiger partial charge on any atom is 0.317 e. The Labute approximate surface area is 148 Å². The number of carbonyl (C=O) groups is 1. The molecule has 1 saturated heterocycles. The molecule has 0 radical (unpaired) electrons. The molecule has 0 saturated carbocycles. The van der Waals surface area contributed by atoms with E-state index in [2.05, 4.69) is 51.4 Å². The summed E-state index contributed by atoms with van der Waals surface area (Å²) in [6.07, 6.45) is 5.40. The number of nitrogens with one attached hydrogen (secondary N) is 1. The van der Waals surface area contributed by atoms with Gasteiger partial charge in [0.25, 0.3) is 0 Å². The molecule has 0 aliphatic carbocycles. The standard InChI is InChI=1S/C19H25N5O/c1-16(8-9-17-6-3-2-4-7-17)22-19(25)24-14-12-23(13-15-24)18-20-10-5-11-21-18/h2-7,10-11,16H,8-9,12-15H2,1H3,(H,22,25)/t16-/m1/s1. The number of anilines is 1. The summed E-state index contributed by atoms with van der Waals surface area (Å²) in [7, 11) is 0. The number of benzene rings is 1. The average Bonchev–Trinajstić information content (AvgIpc) is 2.68. The van der Waals surface area contributed by atoms with E-state index in [0.717, 1.165) is 31.9 Å². The first-order valence-electron chi connectivity index (χ1n) is 8.84. The molecule has 1 aliphatic rings. The molecule has 1 aromatic heterocycles. The lowest BCUT2D eigenvalue weighted by molar-refractivity contribution is 0.190. The fraction of sp³-hybridized carbons (Fsp3) is 0.421. The number of amides is 2. The number of nitrogens with zero attached hydrogens (tertiary/aromatic N) is 4. The SMILES string of the molecule is C[C@H](CCc1ccccc1)NC(=O)N1CCN(c2ncccn2)CC1. The second-order valence-corrected chi connectivity index (χ2v) is 6.40. The van der Waals surface area contributed by atoms with Gasteiger partial charge in [-0.2, -0.15) is 0 Å². The van der Waals surface area contributed by atoms with E-state index < -0.39 is 0 Å². The lowest BCUT2D eigenvalue weighted by Crippen LogP contribution is -2.53. The van der Waals surface area contributed by atoms with Crippen LogP contribution in [-0.4, -0.2) is 53.1 Å². The topological polar surface area (TPSA) is 61.4 Å². The second-order valence-electron chi connectivity index (χ2n) is 6.40. The number of piperazine rings is 1. The Bertz CT molecular complexity index is 656. The van der Waals surface area contributed by atoms with Crippen molar-refractivity contribution in [3.05, 3.63) is 54.4 Å². The van der Waals surface area contributed by atoms with Gasteiger partial charge in [0.15, 0.2) is 0 Å². The highest BCUT2D eigenvalue weighted by molar-refractivity contribution is 5.74. The molecule has 1 N–H and O–H groups in total. The molecule has 1 aliphatic heterocycles. The number of hydrogen-bond acceptors (Lipinski definition) is 4. The molecule has 0 bridgehead atoms. The fourth-order valence-electron chi connectivity index (χ4n) is 2.97. The number of urea groups is 1. The molecule has 1 atom stereocenters. The van der Waals surface area contributed by atoms with Gasteiger partial charge in [-0.1, -0.05) is 30.3 Å². The molecule has 2 amide bonds. The highest BCUT2D eigenvalue weighted by Crippen LogP contribution is 2.10. The van der Waals surface area contributed by atoms with Crippen LogP contribution in [0.4, 0.5) is 10.7 Å². The average molecular weight is 339 g/mol. The van der Waals surface area contributed by atoms with E-state index in [4.69, 9.17) is 0 Å². The van der Waals surface area contributed by atoms with Crippen molar-refractivity contribution in [2.24, 2.45) is 0 Å². The predicted molar refractivity (Wildman–Crippen MR) is 98.6 cm³/mol. The van der Waals surface area contributed by atoms with Crippen LogP contribution in [-0.2, 0) is 6.42 Å². The summed E-state index contributed by atoms with van der Waals surface area (Å²) in [5.41, 5.74) is 1.31. The summed E-state index contributed by atoms with van der Waals surface area (Å²) in [4.78, 5) is 25.0. The summed E-state index contributed by atoms with van der Waals surface area (Å²) in [5.74, 6) is 0.735. The maximum atomic E-state index is 12.4. The molecule has 0 unspecified atom stereocenters. The molecule has 3 rings (SSSR count). The molecular weight excluding hydrogens is 314 g/mol. The van der Waals surface area contributed by atoms with Crippen LogP contribution in [0, 0.1) is 0 Å². The quantitative estimate of drug-likeness (QED) is 0.908. The normalized spacial score (nSPS) is 15.7. The minimum absolute atomic E-state index is 0.0224. The molecule has 0 spiro atoms. The molecule has 1 aromatic carbocycles. The van der Waals surface area contributed by atoms with Gasteiger partial charge in [-0.05, 0) is 31.4 Å². The minimum atomic E-state index is 0.0224. The van der Waals surface area contributed by atoms with E-state index in [-0.39, 0.29) is 12.1 Å². The van der Waals surface area contributed by atoms with Gasteiger partial charge in [0.2, 0.25) is 5.95 Å². The molecule has 2 aromatic rings. The third-order valence-corrected chi connectivity index (χ3v) is 4.48. The zero-order valence-electron chi connectivity index (χ0n) is 14.6. The summed E-state index contributed by atoms with van der Waals surface area (Å²) in [6.45, 7) is 4.96. The Balaban J connectivity index is 1.41. The lowest BCUT2D eigenvalue weighted by atomic mass is 10.1. The summed E-state index contributed by atoms with van der Waals surface area (Å²) in [6, 6.07) is 12.4. The van der Waals surface area contributed by atoms with Crippen molar-refractivity contribution < 1.29 is 4.79 Å². The molecule has 6 nitrogen and oxygen atoms in total. The zero-order valence-corrected chi connectivity index (χ0v) is 14.6. The van der Waals surface area contributed by atoms with Crippen LogP contribution in [0.15, 0.2) is 48.8 Å². The van der Waals surface area contributed by atoms with E-state index in [1.807, 2.05) is 17.0 Å². The molecular formula is C19H25N5O. The van der Waals surface area contributed by atoms with Crippen LogP contribution in [0.1, 0.15) is 18.9 Å². The van der Waals surface area contributed by atoms with E-state index in [0.29, 0.717) is 13.1 Å². The van der Waals surface area contributed by atoms with Crippen molar-refractivity contribution >= 4 is 12.0 Å². The highest BCUT2D eigenvalue weighted by Gasteiger charge is 2.23. The highest BCUT2D eigenvalue weighted by atomic mass is 16.2. The number of aromatic nitrogens is 2. The van der Waals surface area contributed by atoms with Gasteiger partial charge in [0.1, 0.15) is 0 Å². The number of carbonyl (C=O) groups excluding carboxylic acids is 1. The zero-order chi connectivity index (χ0) is 17.5. The van der Waals surface area contributed by atoms with Crippen molar-refractivity contribution in [3.8, 4) is 0 Å². The van der Waals surface area contributed by atoms with E-state index in [1.54, 1.807) is 12.4 Å². The van der Waals surface area contributed by atoms with E-state index >= 15 is 0 Å². The fourth-order valence-corrected chi connectivity index (χ4v) is 2.97. The predicted octanol–water partition coefficient (Wildman–Crippen LogP) is 2.33. The Morgan fingerprint density at radius 1 is 1.08 bits per heavy atom. The van der Waals surface area contributed by atoms with Gasteiger partial charge in [-0.15, -0.1) is 0 Å². The second kappa shape index (κ2) is 8.46. The Morgan fingerprint density at radius 2 is 1.76 bits per heavy atom. The summed E-state index contributed by atoms with van der Waals surface area (Å²) < 4.78 is 0. The molecule has 1 fully saturated rings. The third kappa shape index (κ3) is 4.92. The molecule has 132 valence electrons. The van der Waals surface area contributed by atoms with Crippen LogP contribution in [0.3, 0.4) is 0 Å². The van der Waals surface area contributed by atoms with Crippen molar-refractivity contribution in [3.63, 3.8) is 0 Å². The van der Waals surface area contributed by atoms with Gasteiger partial charge >= 0.3 is 6.03 Å². The first-order chi connectivity index (χ1) is 12.2. The molecule has 6 heteroatoms. The minimum Gasteiger partial charge on any atom is -0.337 e. The van der Waals surface area contributed by atoms with Crippen LogP contribution in [0.5, 0.6) is 0 Å². The summed E-state index contributed by atoms with van der Waals surface area (Å²) in [5, 5.41) is 3.11. The van der Waals surface area contributed by atoms with Crippen molar-refractivity contribution in [2.75, 3.05) is 31.1 Å². The Hall–Kier alpha value is -2.63. The number of aryl methyl sites for hydroxylation is 1. The molecule has 25 heavy (non-hydrogen) atoms. The number of rotatable bonds is 5. The largest absolute Gasteiger partial charge is 0.337 e. The van der Waals surface area contributed by atoms with Gasteiger partial charge in [0, 0.05) is 44.6 Å². The Kier molecular flexibility index (Phi) is 5.82. The number of hydrogen-bond donors (Lipinski definition) is 1. The lowest BCUT2D eigenvalue weighted by Gasteiger charge is -2.35. The van der Waals surface area contributed by atoms with Crippen LogP contribution in [0.25, 0.3) is 0 Å². The summed E-state index contributed by atoms with van der Waals surface area (Å²) >= 11 is 0. The van der Waals surface area contributed by atoms with E-state index in [1.165, 1.54) is 5.56 Å². The monoisotopic (exact) mass is 339 g/mol. The van der Waals surface area contributed by atoms with Gasteiger partial charge < -0.3 is 15.1 Å². The maximum absolute atomic E-state index is 12.4.